The molecule has 1 aliphatic carbocycles. The van der Waals surface area contributed by atoms with Gasteiger partial charge in [0.2, 0.25) is 0 Å². The van der Waals surface area contributed by atoms with Gasteiger partial charge >= 0.3 is 0 Å². The molecule has 0 aromatic heterocycles. The Kier molecular flexibility index (Phi) is 5.04. The number of nitrogens with zero attached hydrogens (tertiary/aromatic N) is 1. The first-order valence-electron chi connectivity index (χ1n) is 6.54. The van der Waals surface area contributed by atoms with Crippen LogP contribution < -0.4 is 0 Å². The maximum absolute atomic E-state index is 12.5. The summed E-state index contributed by atoms with van der Waals surface area (Å²) in [4.78, 5) is 14.3. The van der Waals surface area contributed by atoms with Crippen LogP contribution in [0.5, 0.6) is 5.75 Å². The van der Waals surface area contributed by atoms with Crippen molar-refractivity contribution in [2.24, 2.45) is 0 Å². The van der Waals surface area contributed by atoms with Crippen LogP contribution in [-0.2, 0) is 0 Å². The number of carbonyl (C=O) groups excluding carboxylic acids is 1. The van der Waals surface area contributed by atoms with Crippen molar-refractivity contribution in [3.63, 3.8) is 0 Å². The van der Waals surface area contributed by atoms with Gasteiger partial charge < -0.3 is 15.1 Å². The summed E-state index contributed by atoms with van der Waals surface area (Å²) in [6.45, 7) is 0.625. The van der Waals surface area contributed by atoms with E-state index in [0.717, 1.165) is 22.8 Å². The number of amides is 1. The summed E-state index contributed by atoms with van der Waals surface area (Å²) in [5, 5.41) is 18.8. The van der Waals surface area contributed by atoms with E-state index in [4.69, 9.17) is 5.11 Å². The molecule has 0 atom stereocenters. The zero-order chi connectivity index (χ0) is 13.8. The number of hydrogen-bond donors (Lipinski definition) is 2. The number of benzene rings is 1. The molecule has 1 saturated carbocycles. The second-order valence-electron chi connectivity index (χ2n) is 4.82. The van der Waals surface area contributed by atoms with Gasteiger partial charge in [0.15, 0.2) is 0 Å². The van der Waals surface area contributed by atoms with Crippen molar-refractivity contribution in [1.82, 2.24) is 4.90 Å². The van der Waals surface area contributed by atoms with Gasteiger partial charge in [0.05, 0.1) is 5.56 Å². The Morgan fingerprint density at radius 2 is 2.16 bits per heavy atom. The van der Waals surface area contributed by atoms with Crippen LogP contribution in [0, 0.1) is 3.57 Å². The molecular weight excluding hydrogens is 357 g/mol. The molecule has 1 aliphatic rings. The number of aliphatic hydroxyl groups is 1. The van der Waals surface area contributed by atoms with Gasteiger partial charge in [-0.3, -0.25) is 4.79 Å². The van der Waals surface area contributed by atoms with Gasteiger partial charge in [-0.25, -0.2) is 0 Å². The second kappa shape index (κ2) is 6.56. The van der Waals surface area contributed by atoms with E-state index in [1.165, 1.54) is 0 Å². The Bertz CT molecular complexity index is 460. The van der Waals surface area contributed by atoms with E-state index in [0.29, 0.717) is 18.5 Å². The lowest BCUT2D eigenvalue weighted by molar-refractivity contribution is 0.0559. The van der Waals surface area contributed by atoms with E-state index in [1.54, 1.807) is 23.1 Å². The molecule has 104 valence electrons. The van der Waals surface area contributed by atoms with Gasteiger partial charge in [0.25, 0.3) is 5.91 Å². The van der Waals surface area contributed by atoms with Gasteiger partial charge in [0, 0.05) is 22.8 Å². The number of aromatic hydroxyl groups is 1. The zero-order valence-corrected chi connectivity index (χ0v) is 12.8. The minimum Gasteiger partial charge on any atom is -0.507 e. The van der Waals surface area contributed by atoms with Crippen molar-refractivity contribution in [3.8, 4) is 5.75 Å². The van der Waals surface area contributed by atoms with E-state index >= 15 is 0 Å². The first-order chi connectivity index (χ1) is 9.13. The molecule has 19 heavy (non-hydrogen) atoms. The molecule has 0 heterocycles. The van der Waals surface area contributed by atoms with E-state index in [1.807, 2.05) is 0 Å². The van der Waals surface area contributed by atoms with Crippen molar-refractivity contribution >= 4 is 28.5 Å². The molecule has 0 saturated heterocycles. The summed E-state index contributed by atoms with van der Waals surface area (Å²) in [6.07, 6.45) is 3.75. The van der Waals surface area contributed by atoms with Crippen molar-refractivity contribution in [2.75, 3.05) is 13.2 Å². The van der Waals surface area contributed by atoms with Crippen molar-refractivity contribution < 1.29 is 15.0 Å². The lowest BCUT2D eigenvalue weighted by Crippen LogP contribution is -2.45. The highest BCUT2D eigenvalue weighted by atomic mass is 127. The zero-order valence-electron chi connectivity index (χ0n) is 10.7. The SMILES string of the molecule is O=C(c1cc(I)ccc1O)N(CCCO)C1CCC1. The quantitative estimate of drug-likeness (QED) is 0.777. The number of rotatable bonds is 5. The fourth-order valence-corrected chi connectivity index (χ4v) is 2.71. The largest absolute Gasteiger partial charge is 0.507 e. The summed E-state index contributed by atoms with van der Waals surface area (Å²) in [6, 6.07) is 5.30. The molecule has 0 spiro atoms. The third-order valence-corrected chi connectivity index (χ3v) is 4.19. The molecule has 1 amide bonds. The number of phenolic OH excluding ortho intramolecular Hbond substituents is 1. The predicted molar refractivity (Wildman–Crippen MR) is 81.2 cm³/mol. The minimum absolute atomic E-state index is 0.0266. The average molecular weight is 375 g/mol. The second-order valence-corrected chi connectivity index (χ2v) is 6.07. The van der Waals surface area contributed by atoms with E-state index in [2.05, 4.69) is 22.6 Å². The summed E-state index contributed by atoms with van der Waals surface area (Å²) in [5.41, 5.74) is 0.358. The summed E-state index contributed by atoms with van der Waals surface area (Å²) >= 11 is 2.13. The number of hydrogen-bond acceptors (Lipinski definition) is 3. The number of halogens is 1. The maximum atomic E-state index is 12.5. The van der Waals surface area contributed by atoms with Crippen LogP contribution in [0.1, 0.15) is 36.0 Å². The molecule has 0 bridgehead atoms. The normalized spacial score (nSPS) is 15.1. The summed E-state index contributed by atoms with van der Waals surface area (Å²) in [5.74, 6) is -0.104. The summed E-state index contributed by atoms with van der Waals surface area (Å²) in [7, 11) is 0. The third kappa shape index (κ3) is 3.39. The van der Waals surface area contributed by atoms with E-state index in [-0.39, 0.29) is 24.3 Å². The molecule has 0 unspecified atom stereocenters. The van der Waals surface area contributed by atoms with Crippen LogP contribution in [0.3, 0.4) is 0 Å². The van der Waals surface area contributed by atoms with Gasteiger partial charge in [-0.2, -0.15) is 0 Å². The maximum Gasteiger partial charge on any atom is 0.257 e. The first-order valence-corrected chi connectivity index (χ1v) is 7.61. The Morgan fingerprint density at radius 3 is 2.74 bits per heavy atom. The van der Waals surface area contributed by atoms with Crippen LogP contribution >= 0.6 is 22.6 Å². The minimum atomic E-state index is -0.130. The fraction of sp³-hybridized carbons (Fsp3) is 0.500. The van der Waals surface area contributed by atoms with Crippen molar-refractivity contribution in [2.45, 2.75) is 31.7 Å². The Morgan fingerprint density at radius 1 is 1.42 bits per heavy atom. The Labute approximate surface area is 126 Å². The fourth-order valence-electron chi connectivity index (χ4n) is 2.22. The highest BCUT2D eigenvalue weighted by Gasteiger charge is 2.30. The molecule has 5 heteroatoms. The van der Waals surface area contributed by atoms with E-state index < -0.39 is 0 Å². The van der Waals surface area contributed by atoms with Crippen molar-refractivity contribution in [1.29, 1.82) is 0 Å². The summed E-state index contributed by atoms with van der Waals surface area (Å²) < 4.78 is 0.925. The van der Waals surface area contributed by atoms with Crippen LogP contribution in [0.25, 0.3) is 0 Å². The molecular formula is C14H18INO3. The topological polar surface area (TPSA) is 60.8 Å². The van der Waals surface area contributed by atoms with Gasteiger partial charge in [0.1, 0.15) is 5.75 Å². The molecule has 2 N–H and O–H groups in total. The molecule has 2 rings (SSSR count). The Balaban J connectivity index is 2.19. The smallest absolute Gasteiger partial charge is 0.257 e. The monoisotopic (exact) mass is 375 g/mol. The molecule has 1 fully saturated rings. The highest BCUT2D eigenvalue weighted by molar-refractivity contribution is 14.1. The van der Waals surface area contributed by atoms with Crippen LogP contribution in [0.15, 0.2) is 18.2 Å². The highest BCUT2D eigenvalue weighted by Crippen LogP contribution is 2.29. The Hall–Kier alpha value is -0.820. The molecule has 0 radical (unpaired) electrons. The molecule has 4 nitrogen and oxygen atoms in total. The number of phenols is 1. The lowest BCUT2D eigenvalue weighted by atomic mass is 9.90. The van der Waals surface area contributed by atoms with Gasteiger partial charge in [-0.15, -0.1) is 0 Å². The average Bonchev–Trinajstić information content (AvgIpc) is 2.34. The molecule has 0 aliphatic heterocycles. The first kappa shape index (κ1) is 14.6. The van der Waals surface area contributed by atoms with Gasteiger partial charge in [-0.05, 0) is 66.5 Å². The van der Waals surface area contributed by atoms with Crippen molar-refractivity contribution in [3.05, 3.63) is 27.3 Å². The predicted octanol–water partition coefficient (Wildman–Crippen LogP) is 2.37. The molecule has 1 aromatic rings. The standard InChI is InChI=1S/C14H18INO3/c15-10-5-6-13(18)12(9-10)14(19)16(7-2-8-17)11-3-1-4-11/h5-6,9,11,17-18H,1-4,7-8H2. The van der Waals surface area contributed by atoms with Crippen LogP contribution in [0.4, 0.5) is 0 Å². The van der Waals surface area contributed by atoms with Crippen LogP contribution in [0.2, 0.25) is 0 Å². The van der Waals surface area contributed by atoms with Crippen LogP contribution in [-0.4, -0.2) is 40.2 Å². The lowest BCUT2D eigenvalue weighted by Gasteiger charge is -2.37. The number of carbonyl (C=O) groups is 1. The molecule has 1 aromatic carbocycles. The van der Waals surface area contributed by atoms with Gasteiger partial charge in [-0.1, -0.05) is 0 Å². The third-order valence-electron chi connectivity index (χ3n) is 3.52. The van der Waals surface area contributed by atoms with E-state index in [9.17, 15) is 9.90 Å². The number of aliphatic hydroxyl groups excluding tert-OH is 1.